The molecule has 40 heavy (non-hydrogen) atoms. The maximum Gasteiger partial charge on any atom is 0.170 e. The maximum absolute atomic E-state index is 13.7. The molecule has 0 radical (unpaired) electrons. The van der Waals surface area contributed by atoms with Crippen molar-refractivity contribution in [2.24, 2.45) is 4.99 Å². The second kappa shape index (κ2) is 11.2. The van der Waals surface area contributed by atoms with Crippen molar-refractivity contribution in [1.82, 2.24) is 0 Å². The number of aliphatic imine (C=N–C) groups is 1. The molecule has 1 heterocycles. The van der Waals surface area contributed by atoms with Gasteiger partial charge < -0.3 is 15.8 Å². The SMILES string of the molecule is C1=CNc2ccccc2N=C1.COc1cc(C(=O)C2Cc3ccccc3-c3ccc4c(c32)CCCC4)ccc1N. The highest BCUT2D eigenvalue weighted by Gasteiger charge is 2.34. The number of nitrogens with two attached hydrogens (primary N) is 1. The third-order valence-electron chi connectivity index (χ3n) is 8.03. The number of aryl methyl sites for hydroxylation is 1. The van der Waals surface area contributed by atoms with Crippen LogP contribution in [0.1, 0.15) is 51.4 Å². The van der Waals surface area contributed by atoms with E-state index in [9.17, 15) is 4.79 Å². The first-order valence-electron chi connectivity index (χ1n) is 13.9. The number of hydrogen-bond donors (Lipinski definition) is 2. The van der Waals surface area contributed by atoms with Gasteiger partial charge >= 0.3 is 0 Å². The molecule has 3 aliphatic rings. The van der Waals surface area contributed by atoms with Crippen molar-refractivity contribution in [2.45, 2.75) is 38.0 Å². The average molecular weight is 528 g/mol. The van der Waals surface area contributed by atoms with E-state index in [2.05, 4.69) is 46.7 Å². The number of nitrogens with zero attached hydrogens (tertiary/aromatic N) is 1. The Morgan fingerprint density at radius 2 is 1.75 bits per heavy atom. The Bertz CT molecular complexity index is 1640. The van der Waals surface area contributed by atoms with Gasteiger partial charge in [0.15, 0.2) is 5.78 Å². The van der Waals surface area contributed by atoms with E-state index in [4.69, 9.17) is 10.5 Å². The lowest BCUT2D eigenvalue weighted by molar-refractivity contribution is 0.0957. The normalized spacial score (nSPS) is 16.1. The lowest BCUT2D eigenvalue weighted by Crippen LogP contribution is -2.23. The molecular weight excluding hydrogens is 494 g/mol. The molecule has 1 unspecified atom stereocenters. The van der Waals surface area contributed by atoms with Crippen molar-refractivity contribution in [3.8, 4) is 16.9 Å². The largest absolute Gasteiger partial charge is 0.495 e. The Hall–Kier alpha value is -4.64. The summed E-state index contributed by atoms with van der Waals surface area (Å²) in [5, 5.41) is 3.12. The van der Waals surface area contributed by atoms with Gasteiger partial charge in [-0.1, -0.05) is 48.5 Å². The van der Waals surface area contributed by atoms with E-state index in [1.807, 2.05) is 42.6 Å². The summed E-state index contributed by atoms with van der Waals surface area (Å²) in [6, 6.07) is 26.3. The highest BCUT2D eigenvalue weighted by molar-refractivity contribution is 6.04. The number of methoxy groups -OCH3 is 1. The van der Waals surface area contributed by atoms with Crippen molar-refractivity contribution in [3.63, 3.8) is 0 Å². The van der Waals surface area contributed by atoms with Crippen LogP contribution in [0.2, 0.25) is 0 Å². The fourth-order valence-electron chi connectivity index (χ4n) is 6.07. The number of nitrogens with one attached hydrogen (secondary N) is 1. The van der Waals surface area contributed by atoms with Crippen LogP contribution in [0.4, 0.5) is 17.1 Å². The number of ether oxygens (including phenoxy) is 1. The lowest BCUT2D eigenvalue weighted by atomic mass is 9.71. The van der Waals surface area contributed by atoms with Gasteiger partial charge in [0.2, 0.25) is 0 Å². The van der Waals surface area contributed by atoms with Crippen molar-refractivity contribution < 1.29 is 9.53 Å². The van der Waals surface area contributed by atoms with Crippen molar-refractivity contribution >= 4 is 29.1 Å². The number of fused-ring (bicyclic) bond motifs is 6. The molecule has 5 nitrogen and oxygen atoms in total. The molecule has 3 N–H and O–H groups in total. The predicted molar refractivity (Wildman–Crippen MR) is 164 cm³/mol. The Morgan fingerprint density at radius 1 is 0.925 bits per heavy atom. The molecule has 1 aliphatic heterocycles. The van der Waals surface area contributed by atoms with E-state index in [-0.39, 0.29) is 11.7 Å². The first kappa shape index (κ1) is 25.6. The minimum Gasteiger partial charge on any atom is -0.495 e. The van der Waals surface area contributed by atoms with Gasteiger partial charge in [0.25, 0.3) is 0 Å². The number of allylic oxidation sites excluding steroid dienone is 1. The number of anilines is 2. The summed E-state index contributed by atoms with van der Waals surface area (Å²) < 4.78 is 5.36. The average Bonchev–Trinajstić information content (AvgIpc) is 3.26. The van der Waals surface area contributed by atoms with Gasteiger partial charge in [-0.25, -0.2) is 0 Å². The molecule has 5 heteroatoms. The number of rotatable bonds is 3. The monoisotopic (exact) mass is 527 g/mol. The molecular formula is C35H33N3O2. The van der Waals surface area contributed by atoms with Crippen LogP contribution in [-0.2, 0) is 19.3 Å². The Morgan fingerprint density at radius 3 is 2.65 bits per heavy atom. The molecule has 200 valence electrons. The molecule has 0 amide bonds. The fourth-order valence-corrected chi connectivity index (χ4v) is 6.07. The van der Waals surface area contributed by atoms with Crippen LogP contribution in [-0.4, -0.2) is 19.1 Å². The van der Waals surface area contributed by atoms with Gasteiger partial charge in [0.1, 0.15) is 5.75 Å². The first-order chi connectivity index (χ1) is 19.6. The molecule has 0 fully saturated rings. The van der Waals surface area contributed by atoms with Crippen LogP contribution >= 0.6 is 0 Å². The molecule has 0 saturated carbocycles. The number of ketones is 1. The van der Waals surface area contributed by atoms with Crippen LogP contribution in [0.25, 0.3) is 11.1 Å². The van der Waals surface area contributed by atoms with Gasteiger partial charge in [-0.05, 0) is 102 Å². The van der Waals surface area contributed by atoms with Gasteiger partial charge in [-0.2, -0.15) is 0 Å². The molecule has 4 aromatic carbocycles. The fraction of sp³-hybridized carbons (Fsp3) is 0.200. The highest BCUT2D eigenvalue weighted by Crippen LogP contribution is 2.45. The van der Waals surface area contributed by atoms with E-state index >= 15 is 0 Å². The zero-order valence-electron chi connectivity index (χ0n) is 22.7. The number of hydrogen-bond acceptors (Lipinski definition) is 5. The Balaban J connectivity index is 0.000000219. The first-order valence-corrected chi connectivity index (χ1v) is 13.9. The van der Waals surface area contributed by atoms with Crippen molar-refractivity contribution in [3.05, 3.63) is 119 Å². The van der Waals surface area contributed by atoms with Gasteiger partial charge in [-0.15, -0.1) is 0 Å². The van der Waals surface area contributed by atoms with Crippen LogP contribution in [0.15, 0.2) is 96.1 Å². The number of para-hydroxylation sites is 2. The lowest BCUT2D eigenvalue weighted by Gasteiger charge is -2.32. The molecule has 0 saturated heterocycles. The summed E-state index contributed by atoms with van der Waals surface area (Å²) in [7, 11) is 1.59. The minimum atomic E-state index is -0.165. The van der Waals surface area contributed by atoms with Crippen LogP contribution < -0.4 is 15.8 Å². The standard InChI is InChI=1S/C26H25NO2.C9H8N2/c1-29-24-15-18(11-13-23(24)27)26(28)22-14-17-7-3-4-8-19(17)21-12-10-16-6-2-5-9-20(16)25(21)22;1-2-5-9-8(4-1)10-6-3-7-11-9/h3-4,7-8,10-13,15,22H,2,5-6,9,14,27H2,1H3;1-7,10H. The van der Waals surface area contributed by atoms with E-state index in [1.54, 1.807) is 25.5 Å². The maximum atomic E-state index is 13.7. The smallest absolute Gasteiger partial charge is 0.170 e. The van der Waals surface area contributed by atoms with E-state index in [1.165, 1.54) is 46.2 Å². The Labute approximate surface area is 235 Å². The summed E-state index contributed by atoms with van der Waals surface area (Å²) in [5.74, 6) is 0.543. The van der Waals surface area contributed by atoms with E-state index < -0.39 is 0 Å². The number of benzene rings is 4. The topological polar surface area (TPSA) is 76.7 Å². The van der Waals surface area contributed by atoms with E-state index in [0.29, 0.717) is 17.0 Å². The van der Waals surface area contributed by atoms with Crippen molar-refractivity contribution in [1.29, 1.82) is 0 Å². The highest BCUT2D eigenvalue weighted by atomic mass is 16.5. The summed E-state index contributed by atoms with van der Waals surface area (Å²) in [4.78, 5) is 18.0. The summed E-state index contributed by atoms with van der Waals surface area (Å²) >= 11 is 0. The van der Waals surface area contributed by atoms with Gasteiger partial charge in [0.05, 0.1) is 30.1 Å². The number of nitrogen functional groups attached to an aromatic ring is 1. The summed E-state index contributed by atoms with van der Waals surface area (Å²) in [5.41, 5.74) is 17.1. The summed E-state index contributed by atoms with van der Waals surface area (Å²) in [6.07, 6.45) is 10.9. The van der Waals surface area contributed by atoms with Crippen LogP contribution in [0, 0.1) is 0 Å². The minimum absolute atomic E-state index is 0.151. The second-order valence-electron chi connectivity index (χ2n) is 10.4. The van der Waals surface area contributed by atoms with E-state index in [0.717, 1.165) is 30.6 Å². The number of carbonyl (C=O) groups is 1. The quantitative estimate of drug-likeness (QED) is 0.212. The molecule has 2 aliphatic carbocycles. The third-order valence-corrected chi connectivity index (χ3v) is 8.03. The molecule has 0 spiro atoms. The molecule has 7 rings (SSSR count). The van der Waals surface area contributed by atoms with Crippen LogP contribution in [0.5, 0.6) is 5.75 Å². The Kier molecular flexibility index (Phi) is 7.19. The molecule has 0 bridgehead atoms. The van der Waals surface area contributed by atoms with Crippen molar-refractivity contribution in [2.75, 3.05) is 18.2 Å². The number of carbonyl (C=O) groups excluding carboxylic acids is 1. The molecule has 0 aromatic heterocycles. The third kappa shape index (κ3) is 4.91. The van der Waals surface area contributed by atoms with Gasteiger partial charge in [-0.3, -0.25) is 9.79 Å². The molecule has 1 atom stereocenters. The zero-order valence-corrected chi connectivity index (χ0v) is 22.7. The molecule has 4 aromatic rings. The number of Topliss-reactive ketones (excluding diaryl/α,β-unsaturated/α-hetero) is 1. The van der Waals surface area contributed by atoms with Gasteiger partial charge in [0, 0.05) is 18.0 Å². The zero-order chi connectivity index (χ0) is 27.5. The predicted octanol–water partition coefficient (Wildman–Crippen LogP) is 7.67. The van der Waals surface area contributed by atoms with Crippen LogP contribution in [0.3, 0.4) is 0 Å². The second-order valence-corrected chi connectivity index (χ2v) is 10.4. The summed E-state index contributed by atoms with van der Waals surface area (Å²) in [6.45, 7) is 0.